The average molecular weight is 469 g/mol. The van der Waals surface area contributed by atoms with Crippen LogP contribution in [0.3, 0.4) is 0 Å². The molecule has 34 heavy (non-hydrogen) atoms. The number of benzene rings is 1. The van der Waals surface area contributed by atoms with Crippen LogP contribution in [0.15, 0.2) is 42.5 Å². The minimum Gasteiger partial charge on any atom is -0.388 e. The number of hydrogen-bond donors (Lipinski definition) is 4. The summed E-state index contributed by atoms with van der Waals surface area (Å²) >= 11 is 0. The summed E-state index contributed by atoms with van der Waals surface area (Å²) in [4.78, 5) is 27.2. The summed E-state index contributed by atoms with van der Waals surface area (Å²) in [5.41, 5.74) is -0.991. The molecule has 2 amide bonds. The van der Waals surface area contributed by atoms with Crippen LogP contribution >= 0.6 is 0 Å². The Balaban J connectivity index is 1.51. The van der Waals surface area contributed by atoms with E-state index in [1.165, 1.54) is 17.0 Å². The first kappa shape index (κ1) is 24.1. The van der Waals surface area contributed by atoms with E-state index in [1.807, 2.05) is 38.2 Å². The molecular formula is C26H33FN4O3. The largest absolute Gasteiger partial charge is 0.388 e. The standard InChI is InChI=1S/C26H33FN4O3/c1-4-26(5-2)14-21(32)31(24(28)30-26)15-16-10-18(12-19(27)11-16)23(33)29-22-20-9-7-6-8-17(20)13-25(22,3)34/h6-12,17,20,22,34H,4-5,13-15H2,1-3H3,(H2,28,30)(H,29,33)/t17?,20?,22-,25?/m1/s1. The van der Waals surface area contributed by atoms with Crippen molar-refractivity contribution in [2.24, 2.45) is 11.8 Å². The van der Waals surface area contributed by atoms with Crippen LogP contribution in [0, 0.1) is 23.1 Å². The zero-order chi connectivity index (χ0) is 24.7. The van der Waals surface area contributed by atoms with Gasteiger partial charge in [-0.25, -0.2) is 4.39 Å². The maximum absolute atomic E-state index is 14.5. The van der Waals surface area contributed by atoms with Crippen LogP contribution < -0.4 is 10.6 Å². The van der Waals surface area contributed by atoms with Crippen LogP contribution in [0.2, 0.25) is 0 Å². The minimum absolute atomic E-state index is 0.00834. The molecule has 2 fully saturated rings. The van der Waals surface area contributed by atoms with Gasteiger partial charge in [-0.15, -0.1) is 0 Å². The lowest BCUT2D eigenvalue weighted by Crippen LogP contribution is -2.61. The molecule has 7 nitrogen and oxygen atoms in total. The van der Waals surface area contributed by atoms with E-state index < -0.39 is 28.9 Å². The molecule has 0 bridgehead atoms. The van der Waals surface area contributed by atoms with Crippen molar-refractivity contribution in [1.82, 2.24) is 15.5 Å². The molecule has 0 aromatic heterocycles. The van der Waals surface area contributed by atoms with Gasteiger partial charge in [0, 0.05) is 17.0 Å². The quantitative estimate of drug-likeness (QED) is 0.514. The molecule has 4 N–H and O–H groups in total. The van der Waals surface area contributed by atoms with E-state index in [9.17, 15) is 19.1 Å². The van der Waals surface area contributed by atoms with Crippen LogP contribution in [0.1, 0.15) is 62.4 Å². The third kappa shape index (κ3) is 4.51. The van der Waals surface area contributed by atoms with E-state index in [2.05, 4.69) is 10.6 Å². The smallest absolute Gasteiger partial charge is 0.251 e. The van der Waals surface area contributed by atoms with E-state index in [0.29, 0.717) is 24.8 Å². The lowest BCUT2D eigenvalue weighted by atomic mass is 9.87. The molecule has 0 radical (unpaired) electrons. The Labute approximate surface area is 199 Å². The Bertz CT molecular complexity index is 1040. The Morgan fingerprint density at radius 3 is 2.65 bits per heavy atom. The highest BCUT2D eigenvalue weighted by molar-refractivity contribution is 5.99. The summed E-state index contributed by atoms with van der Waals surface area (Å²) < 4.78 is 14.5. The third-order valence-electron chi connectivity index (χ3n) is 7.65. The van der Waals surface area contributed by atoms with Gasteiger partial charge in [-0.3, -0.25) is 19.9 Å². The molecule has 2 aliphatic carbocycles. The predicted molar refractivity (Wildman–Crippen MR) is 127 cm³/mol. The monoisotopic (exact) mass is 468 g/mol. The lowest BCUT2D eigenvalue weighted by molar-refractivity contribution is -0.131. The highest BCUT2D eigenvalue weighted by Crippen LogP contribution is 2.42. The molecule has 1 aliphatic heterocycles. The number of hydrogen-bond acceptors (Lipinski definition) is 4. The van der Waals surface area contributed by atoms with Gasteiger partial charge in [0.15, 0.2) is 5.96 Å². The SMILES string of the molecule is CCC1(CC)CC(=O)N(Cc2cc(F)cc(C(=O)N[C@@H]3C4C=CC=CC4CC3(C)O)c2)C(=N)N1. The third-order valence-corrected chi connectivity index (χ3v) is 7.65. The number of halogens is 1. The maximum Gasteiger partial charge on any atom is 0.251 e. The second-order valence-electron chi connectivity index (χ2n) is 9.99. The molecule has 0 spiro atoms. The Morgan fingerprint density at radius 1 is 1.26 bits per heavy atom. The van der Waals surface area contributed by atoms with Crippen molar-refractivity contribution in [2.75, 3.05) is 0 Å². The maximum atomic E-state index is 14.5. The number of fused-ring (bicyclic) bond motifs is 1. The first-order valence-electron chi connectivity index (χ1n) is 11.9. The van der Waals surface area contributed by atoms with Crippen molar-refractivity contribution in [3.63, 3.8) is 0 Å². The normalized spacial score (nSPS) is 29.7. The van der Waals surface area contributed by atoms with Gasteiger partial charge in [0.05, 0.1) is 24.6 Å². The number of guanidine groups is 1. The van der Waals surface area contributed by atoms with Gasteiger partial charge in [-0.2, -0.15) is 0 Å². The fourth-order valence-electron chi connectivity index (χ4n) is 5.50. The second kappa shape index (κ2) is 8.98. The molecule has 4 rings (SSSR count). The van der Waals surface area contributed by atoms with Gasteiger partial charge in [0.25, 0.3) is 5.91 Å². The molecule has 3 unspecified atom stereocenters. The summed E-state index contributed by atoms with van der Waals surface area (Å²) in [6.45, 7) is 5.66. The molecule has 3 aliphatic rings. The summed E-state index contributed by atoms with van der Waals surface area (Å²) in [7, 11) is 0. The zero-order valence-corrected chi connectivity index (χ0v) is 19.9. The van der Waals surface area contributed by atoms with Crippen LogP contribution in [-0.4, -0.2) is 45.0 Å². The summed E-state index contributed by atoms with van der Waals surface area (Å²) in [6, 6.07) is 3.46. The first-order chi connectivity index (χ1) is 16.1. The first-order valence-corrected chi connectivity index (χ1v) is 11.9. The molecule has 1 heterocycles. The molecule has 1 aromatic carbocycles. The fourth-order valence-corrected chi connectivity index (χ4v) is 5.50. The van der Waals surface area contributed by atoms with E-state index in [4.69, 9.17) is 5.41 Å². The Morgan fingerprint density at radius 2 is 1.97 bits per heavy atom. The molecule has 182 valence electrons. The van der Waals surface area contributed by atoms with Crippen LogP contribution in [0.25, 0.3) is 0 Å². The summed E-state index contributed by atoms with van der Waals surface area (Å²) in [5.74, 6) is -1.20. The molecule has 1 aromatic rings. The highest BCUT2D eigenvalue weighted by Gasteiger charge is 2.49. The molecular weight excluding hydrogens is 435 g/mol. The van der Waals surface area contributed by atoms with Crippen molar-refractivity contribution in [3.05, 3.63) is 59.4 Å². The summed E-state index contributed by atoms with van der Waals surface area (Å²) in [5, 5.41) is 25.3. The van der Waals surface area contributed by atoms with E-state index in [0.717, 1.165) is 6.07 Å². The second-order valence-corrected chi connectivity index (χ2v) is 9.99. The van der Waals surface area contributed by atoms with Crippen LogP contribution in [0.4, 0.5) is 4.39 Å². The number of carbonyl (C=O) groups is 2. The topological polar surface area (TPSA) is 106 Å². The van der Waals surface area contributed by atoms with Gasteiger partial charge >= 0.3 is 0 Å². The minimum atomic E-state index is -1.09. The van der Waals surface area contributed by atoms with Crippen molar-refractivity contribution in [1.29, 1.82) is 5.41 Å². The number of allylic oxidation sites excluding steroid dienone is 3. The number of carbonyl (C=O) groups excluding carboxylic acids is 2. The Hall–Kier alpha value is -3.00. The van der Waals surface area contributed by atoms with Gasteiger partial charge in [0.2, 0.25) is 5.91 Å². The zero-order valence-electron chi connectivity index (χ0n) is 19.9. The van der Waals surface area contributed by atoms with E-state index >= 15 is 0 Å². The molecule has 4 atom stereocenters. The molecule has 1 saturated carbocycles. The summed E-state index contributed by atoms with van der Waals surface area (Å²) in [6.07, 6.45) is 10.1. The number of rotatable bonds is 6. The van der Waals surface area contributed by atoms with Gasteiger partial charge < -0.3 is 15.7 Å². The molecule has 8 heteroatoms. The highest BCUT2D eigenvalue weighted by atomic mass is 19.1. The van der Waals surface area contributed by atoms with E-state index in [-0.39, 0.29) is 42.2 Å². The lowest BCUT2D eigenvalue weighted by Gasteiger charge is -2.42. The Kier molecular flexibility index (Phi) is 6.38. The van der Waals surface area contributed by atoms with Crippen molar-refractivity contribution in [2.45, 2.75) is 70.2 Å². The number of aliphatic hydroxyl groups is 1. The van der Waals surface area contributed by atoms with Crippen molar-refractivity contribution < 1.29 is 19.1 Å². The fraction of sp³-hybridized carbons (Fsp3) is 0.500. The van der Waals surface area contributed by atoms with Crippen LogP contribution in [-0.2, 0) is 11.3 Å². The van der Waals surface area contributed by atoms with Gasteiger partial charge in [-0.1, -0.05) is 38.2 Å². The molecule has 1 saturated heterocycles. The average Bonchev–Trinajstić information content (AvgIpc) is 3.05. The van der Waals surface area contributed by atoms with Crippen molar-refractivity contribution >= 4 is 17.8 Å². The van der Waals surface area contributed by atoms with Gasteiger partial charge in [-0.05, 0) is 55.9 Å². The number of amides is 2. The number of nitrogens with zero attached hydrogens (tertiary/aromatic N) is 1. The predicted octanol–water partition coefficient (Wildman–Crippen LogP) is 3.25. The number of nitrogens with one attached hydrogen (secondary N) is 3. The van der Waals surface area contributed by atoms with E-state index in [1.54, 1.807) is 6.92 Å². The van der Waals surface area contributed by atoms with Gasteiger partial charge in [0.1, 0.15) is 5.82 Å². The van der Waals surface area contributed by atoms with Crippen molar-refractivity contribution in [3.8, 4) is 0 Å². The van der Waals surface area contributed by atoms with Crippen LogP contribution in [0.5, 0.6) is 0 Å².